The summed E-state index contributed by atoms with van der Waals surface area (Å²) >= 11 is 0. The molecule has 74 valence electrons. The van der Waals surface area contributed by atoms with Crippen LogP contribution in [0.15, 0.2) is 0 Å². The summed E-state index contributed by atoms with van der Waals surface area (Å²) in [5, 5.41) is 3.39. The number of nitrogens with one attached hydrogen (secondary N) is 1. The van der Waals surface area contributed by atoms with Crippen LogP contribution in [0.2, 0.25) is 0 Å². The molecule has 0 saturated heterocycles. The van der Waals surface area contributed by atoms with Crippen LogP contribution in [0.3, 0.4) is 0 Å². The third kappa shape index (κ3) is 18.2. The normalized spacial score (nSPS) is 8.18. The monoisotopic (exact) mass is 271 g/mol. The van der Waals surface area contributed by atoms with Crippen molar-refractivity contribution in [3.63, 3.8) is 0 Å². The fourth-order valence-corrected chi connectivity index (χ4v) is 0.729. The van der Waals surface area contributed by atoms with Crippen molar-refractivity contribution in [2.24, 2.45) is 0 Å². The third-order valence-corrected chi connectivity index (χ3v) is 1.41. The Morgan fingerprint density at radius 2 is 1.27 bits per heavy atom. The van der Waals surface area contributed by atoms with E-state index in [1.54, 1.807) is 0 Å². The van der Waals surface area contributed by atoms with Crippen LogP contribution in [0.4, 0.5) is 0 Å². The molecule has 0 heterocycles. The molecule has 0 aliphatic rings. The van der Waals surface area contributed by atoms with Gasteiger partial charge in [0.2, 0.25) is 0 Å². The quantitative estimate of drug-likeness (QED) is 0.492. The zero-order valence-electron chi connectivity index (χ0n) is 7.42. The van der Waals surface area contributed by atoms with Crippen molar-refractivity contribution in [3.8, 4) is 0 Å². The SMILES string of the molecule is CCCCNCCCC.[Br-].[Cu+]. The first-order valence-corrected chi connectivity index (χ1v) is 4.12. The van der Waals surface area contributed by atoms with Gasteiger partial charge in [-0.25, -0.2) is 0 Å². The summed E-state index contributed by atoms with van der Waals surface area (Å²) in [4.78, 5) is 0. The van der Waals surface area contributed by atoms with Gasteiger partial charge in [0.05, 0.1) is 0 Å². The fraction of sp³-hybridized carbons (Fsp3) is 1.00. The smallest absolute Gasteiger partial charge is 1.00 e. The second kappa shape index (κ2) is 17.2. The van der Waals surface area contributed by atoms with Crippen molar-refractivity contribution in [1.29, 1.82) is 0 Å². The molecule has 3 heteroatoms. The van der Waals surface area contributed by atoms with Crippen molar-refractivity contribution < 1.29 is 34.1 Å². The molecule has 0 unspecified atom stereocenters. The number of halogens is 1. The van der Waals surface area contributed by atoms with Gasteiger partial charge in [0.15, 0.2) is 0 Å². The summed E-state index contributed by atoms with van der Waals surface area (Å²) < 4.78 is 0. The van der Waals surface area contributed by atoms with Crippen LogP contribution in [0.5, 0.6) is 0 Å². The number of hydrogen-bond acceptors (Lipinski definition) is 1. The van der Waals surface area contributed by atoms with Crippen molar-refractivity contribution in [2.75, 3.05) is 13.1 Å². The molecule has 0 saturated carbocycles. The van der Waals surface area contributed by atoms with Gasteiger partial charge in [-0.2, -0.15) is 0 Å². The molecule has 0 aromatic heterocycles. The van der Waals surface area contributed by atoms with E-state index in [2.05, 4.69) is 19.2 Å². The molecular weight excluding hydrogens is 254 g/mol. The molecule has 0 atom stereocenters. The first kappa shape index (κ1) is 17.9. The minimum absolute atomic E-state index is 0. The van der Waals surface area contributed by atoms with Gasteiger partial charge in [-0.05, 0) is 25.9 Å². The third-order valence-electron chi connectivity index (χ3n) is 1.41. The van der Waals surface area contributed by atoms with E-state index in [1.165, 1.54) is 38.8 Å². The van der Waals surface area contributed by atoms with Gasteiger partial charge in [0, 0.05) is 0 Å². The Balaban J connectivity index is -0.000000320. The minimum atomic E-state index is 0. The van der Waals surface area contributed by atoms with E-state index in [0.717, 1.165) is 0 Å². The Labute approximate surface area is 92.0 Å². The van der Waals surface area contributed by atoms with Gasteiger partial charge in [0.1, 0.15) is 0 Å². The maximum Gasteiger partial charge on any atom is 1.00 e. The second-order valence-corrected chi connectivity index (χ2v) is 2.46. The van der Waals surface area contributed by atoms with Crippen LogP contribution >= 0.6 is 0 Å². The molecule has 0 bridgehead atoms. The number of rotatable bonds is 6. The van der Waals surface area contributed by atoms with E-state index < -0.39 is 0 Å². The van der Waals surface area contributed by atoms with Crippen molar-refractivity contribution in [1.82, 2.24) is 5.32 Å². The van der Waals surface area contributed by atoms with Crippen LogP contribution in [0, 0.1) is 0 Å². The molecule has 0 radical (unpaired) electrons. The zero-order valence-corrected chi connectivity index (χ0v) is 9.95. The van der Waals surface area contributed by atoms with Gasteiger partial charge in [-0.3, -0.25) is 0 Å². The average Bonchev–Trinajstić information content (AvgIpc) is 1.89. The Hall–Kier alpha value is 0.959. The fourth-order valence-electron chi connectivity index (χ4n) is 0.729. The maximum atomic E-state index is 3.39. The Bertz CT molecular complexity index is 47.4. The molecule has 0 aliphatic carbocycles. The van der Waals surface area contributed by atoms with E-state index >= 15 is 0 Å². The van der Waals surface area contributed by atoms with Gasteiger partial charge < -0.3 is 22.3 Å². The summed E-state index contributed by atoms with van der Waals surface area (Å²) in [7, 11) is 0. The average molecular weight is 273 g/mol. The Morgan fingerprint density at radius 3 is 1.55 bits per heavy atom. The van der Waals surface area contributed by atoms with E-state index in [0.29, 0.717) is 0 Å². The Morgan fingerprint density at radius 1 is 0.909 bits per heavy atom. The summed E-state index contributed by atoms with van der Waals surface area (Å²) in [6.45, 7) is 6.86. The molecule has 0 rings (SSSR count). The van der Waals surface area contributed by atoms with Crippen LogP contribution < -0.4 is 22.3 Å². The number of unbranched alkanes of at least 4 members (excludes halogenated alkanes) is 2. The first-order valence-electron chi connectivity index (χ1n) is 4.12. The van der Waals surface area contributed by atoms with E-state index in [4.69, 9.17) is 0 Å². The molecule has 0 aliphatic heterocycles. The van der Waals surface area contributed by atoms with Gasteiger partial charge in [-0.15, -0.1) is 0 Å². The van der Waals surface area contributed by atoms with Crippen molar-refractivity contribution in [3.05, 3.63) is 0 Å². The summed E-state index contributed by atoms with van der Waals surface area (Å²) in [5.74, 6) is 0. The number of hydrogen-bond donors (Lipinski definition) is 1. The van der Waals surface area contributed by atoms with E-state index in [1.807, 2.05) is 0 Å². The van der Waals surface area contributed by atoms with E-state index in [-0.39, 0.29) is 34.1 Å². The molecule has 0 spiro atoms. The molecule has 1 nitrogen and oxygen atoms in total. The minimum Gasteiger partial charge on any atom is -1.00 e. The van der Waals surface area contributed by atoms with Crippen LogP contribution in [-0.2, 0) is 17.1 Å². The van der Waals surface area contributed by atoms with Gasteiger partial charge >= 0.3 is 17.1 Å². The molecule has 0 aromatic rings. The van der Waals surface area contributed by atoms with Crippen LogP contribution in [0.25, 0.3) is 0 Å². The Kier molecular flexibility index (Phi) is 27.9. The summed E-state index contributed by atoms with van der Waals surface area (Å²) in [6.07, 6.45) is 5.26. The molecule has 11 heavy (non-hydrogen) atoms. The largest absolute Gasteiger partial charge is 1.00 e. The second-order valence-electron chi connectivity index (χ2n) is 2.46. The predicted molar refractivity (Wildman–Crippen MR) is 42.7 cm³/mol. The molecule has 1 N–H and O–H groups in total. The molecule has 0 fully saturated rings. The standard InChI is InChI=1S/C8H19N.BrH.Cu/c1-3-5-7-9-8-6-4-2;;/h9H,3-8H2,1-2H3;1H;/q;;+1/p-1. The predicted octanol–water partition coefficient (Wildman–Crippen LogP) is -0.822. The van der Waals surface area contributed by atoms with Gasteiger partial charge in [-0.1, -0.05) is 26.7 Å². The zero-order chi connectivity index (χ0) is 6.95. The van der Waals surface area contributed by atoms with Crippen LogP contribution in [-0.4, -0.2) is 13.1 Å². The maximum absolute atomic E-state index is 3.39. The van der Waals surface area contributed by atoms with Gasteiger partial charge in [0.25, 0.3) is 0 Å². The van der Waals surface area contributed by atoms with Crippen molar-refractivity contribution >= 4 is 0 Å². The first-order chi connectivity index (χ1) is 4.41. The van der Waals surface area contributed by atoms with Crippen molar-refractivity contribution in [2.45, 2.75) is 39.5 Å². The topological polar surface area (TPSA) is 12.0 Å². The van der Waals surface area contributed by atoms with E-state index in [9.17, 15) is 0 Å². The summed E-state index contributed by atoms with van der Waals surface area (Å²) in [6, 6.07) is 0. The van der Waals surface area contributed by atoms with Crippen LogP contribution in [0.1, 0.15) is 39.5 Å². The molecular formula is C8H19BrCuN. The summed E-state index contributed by atoms with van der Waals surface area (Å²) in [5.41, 5.74) is 0. The molecule has 0 amide bonds. The molecule has 0 aromatic carbocycles.